The Hall–Kier alpha value is 0.0830. The summed E-state index contributed by atoms with van der Waals surface area (Å²) in [6.45, 7) is 1.49. The number of aliphatic hydroxyl groups is 1. The molecule has 0 aliphatic carbocycles. The summed E-state index contributed by atoms with van der Waals surface area (Å²) in [5.74, 6) is 0. The van der Waals surface area contributed by atoms with Crippen LogP contribution in [0.15, 0.2) is 24.4 Å². The molecule has 2 rings (SSSR count). The van der Waals surface area contributed by atoms with Crippen LogP contribution in [0.4, 0.5) is 0 Å². The van der Waals surface area contributed by atoms with E-state index in [1.54, 1.807) is 6.20 Å². The van der Waals surface area contributed by atoms with E-state index in [9.17, 15) is 5.11 Å². The minimum atomic E-state index is -0.733. The zero-order valence-corrected chi connectivity index (χ0v) is 11.7. The molecule has 1 aromatic rings. The van der Waals surface area contributed by atoms with Crippen LogP contribution in [0.25, 0.3) is 5.32 Å². The predicted octanol–water partition coefficient (Wildman–Crippen LogP) is 1.44. The van der Waals surface area contributed by atoms with Gasteiger partial charge in [-0.25, -0.2) is 0 Å². The number of rotatable bonds is 1. The van der Waals surface area contributed by atoms with Gasteiger partial charge in [0, 0.05) is 36.1 Å². The van der Waals surface area contributed by atoms with Gasteiger partial charge in [-0.3, -0.25) is 4.98 Å². The van der Waals surface area contributed by atoms with E-state index in [0.717, 1.165) is 18.8 Å². The molecule has 1 N–H and O–H groups in total. The first-order valence-corrected chi connectivity index (χ1v) is 4.58. The molecule has 0 atom stereocenters. The fourth-order valence-electron chi connectivity index (χ4n) is 1.66. The topological polar surface area (TPSA) is 47.2 Å². The Bertz CT molecular complexity index is 273. The molecule has 1 aromatic heterocycles. The summed E-state index contributed by atoms with van der Waals surface area (Å²) in [7, 11) is 0. The van der Waals surface area contributed by atoms with Crippen molar-refractivity contribution >= 4 is 0 Å². The fourth-order valence-corrected chi connectivity index (χ4v) is 1.66. The van der Waals surface area contributed by atoms with Crippen LogP contribution in [-0.4, -0.2) is 23.2 Å². The smallest absolute Gasteiger partial charge is 0.103 e. The van der Waals surface area contributed by atoms with Gasteiger partial charge in [0.25, 0.3) is 0 Å². The predicted molar refractivity (Wildman–Crippen MR) is 50.5 cm³/mol. The second-order valence-corrected chi connectivity index (χ2v) is 3.42. The molecule has 1 fully saturated rings. The van der Waals surface area contributed by atoms with E-state index in [0.29, 0.717) is 12.8 Å². The molecule has 4 heteroatoms. The molecule has 0 spiro atoms. The first-order valence-electron chi connectivity index (χ1n) is 4.58. The maximum Gasteiger partial charge on any atom is 0.103 e. The molecule has 1 aliphatic rings. The van der Waals surface area contributed by atoms with E-state index < -0.39 is 5.60 Å². The largest absolute Gasteiger partial charge is 0.662 e. The van der Waals surface area contributed by atoms with E-state index in [1.807, 2.05) is 18.2 Å². The van der Waals surface area contributed by atoms with E-state index in [1.165, 1.54) is 0 Å². The molecule has 3 nitrogen and oxygen atoms in total. The number of hydrogen-bond acceptors (Lipinski definition) is 2. The number of aromatic nitrogens is 1. The second-order valence-electron chi connectivity index (χ2n) is 3.42. The minimum absolute atomic E-state index is 0. The zero-order chi connectivity index (χ0) is 9.15. The summed E-state index contributed by atoms with van der Waals surface area (Å²) < 4.78 is 0. The van der Waals surface area contributed by atoms with Gasteiger partial charge in [0.05, 0.1) is 5.69 Å². The summed E-state index contributed by atoms with van der Waals surface area (Å²) >= 11 is 0. The molecule has 1 radical (unpaired) electrons. The molecule has 0 unspecified atom stereocenters. The second kappa shape index (κ2) is 5.25. The molecular formula is C10H13N2NpO-. The third-order valence-electron chi connectivity index (χ3n) is 2.51. The van der Waals surface area contributed by atoms with Crippen LogP contribution in [0.5, 0.6) is 0 Å². The van der Waals surface area contributed by atoms with Crippen molar-refractivity contribution in [2.75, 3.05) is 13.1 Å². The van der Waals surface area contributed by atoms with Crippen LogP contribution < -0.4 is 0 Å². The minimum Gasteiger partial charge on any atom is -0.662 e. The Morgan fingerprint density at radius 3 is 2.57 bits per heavy atom. The van der Waals surface area contributed by atoms with Gasteiger partial charge in [-0.15, -0.1) is 13.1 Å². The monoisotopic (exact) mass is 413 g/mol. The number of pyridine rings is 1. The van der Waals surface area contributed by atoms with Gasteiger partial charge in [-0.1, -0.05) is 6.07 Å². The maximum atomic E-state index is 10.2. The molecule has 75 valence electrons. The maximum absolute atomic E-state index is 10.2. The summed E-state index contributed by atoms with van der Waals surface area (Å²) in [6.07, 6.45) is 3.12. The van der Waals surface area contributed by atoms with Crippen molar-refractivity contribution in [1.29, 1.82) is 0 Å². The summed E-state index contributed by atoms with van der Waals surface area (Å²) in [5, 5.41) is 14.4. The molecule has 0 bridgehead atoms. The van der Waals surface area contributed by atoms with Crippen LogP contribution in [0, 0.1) is 29.9 Å². The van der Waals surface area contributed by atoms with Crippen LogP contribution in [-0.2, 0) is 5.60 Å². The Labute approximate surface area is 107 Å². The van der Waals surface area contributed by atoms with E-state index >= 15 is 0 Å². The zero-order valence-electron chi connectivity index (χ0n) is 7.93. The number of piperidine rings is 1. The molecule has 0 saturated carbocycles. The van der Waals surface area contributed by atoms with Crippen molar-refractivity contribution < 1.29 is 35.0 Å². The fraction of sp³-hybridized carbons (Fsp3) is 0.500. The SMILES string of the molecule is OC1(c2ccccn2)CC[N-]CC1.[Np]. The van der Waals surface area contributed by atoms with E-state index in [-0.39, 0.29) is 29.9 Å². The molecule has 2 heterocycles. The van der Waals surface area contributed by atoms with Crippen molar-refractivity contribution in [1.82, 2.24) is 4.98 Å². The van der Waals surface area contributed by atoms with Crippen molar-refractivity contribution in [3.8, 4) is 0 Å². The molecule has 14 heavy (non-hydrogen) atoms. The Balaban J connectivity index is 0.000000980. The van der Waals surface area contributed by atoms with Gasteiger partial charge in [-0.05, 0) is 25.0 Å². The summed E-state index contributed by atoms with van der Waals surface area (Å²) in [5.41, 5.74) is 0.0492. The molecule has 0 aromatic carbocycles. The van der Waals surface area contributed by atoms with Gasteiger partial charge in [0.15, 0.2) is 0 Å². The normalized spacial score (nSPS) is 19.8. The van der Waals surface area contributed by atoms with Gasteiger partial charge < -0.3 is 10.4 Å². The van der Waals surface area contributed by atoms with Gasteiger partial charge in [0.1, 0.15) is 5.60 Å². The molecule has 1 aliphatic heterocycles. The molecule has 0 amide bonds. The Kier molecular flexibility index (Phi) is 4.55. The Morgan fingerprint density at radius 2 is 2.00 bits per heavy atom. The van der Waals surface area contributed by atoms with Crippen LogP contribution in [0.1, 0.15) is 18.5 Å². The number of hydrogen-bond donors (Lipinski definition) is 1. The first kappa shape index (κ1) is 12.2. The number of nitrogens with zero attached hydrogens (tertiary/aromatic N) is 2. The first-order chi connectivity index (χ1) is 6.31. The standard InChI is InChI=1S/C10H13N2O.Np/c13-10(4-7-11-8-5-10)9-3-1-2-6-12-9;/h1-3,6,13H,4-5,7-8H2;/q-1;. The van der Waals surface area contributed by atoms with Crippen LogP contribution >= 0.6 is 0 Å². The molecule has 1 saturated heterocycles. The molecular weight excluding hydrogens is 401 g/mol. The summed E-state index contributed by atoms with van der Waals surface area (Å²) in [4.78, 5) is 4.18. The van der Waals surface area contributed by atoms with E-state index in [2.05, 4.69) is 10.3 Å². The van der Waals surface area contributed by atoms with Crippen LogP contribution in [0.3, 0.4) is 0 Å². The average Bonchev–Trinajstić information content (AvgIpc) is 2.20. The summed E-state index contributed by atoms with van der Waals surface area (Å²) in [6, 6.07) is 5.65. The van der Waals surface area contributed by atoms with Crippen molar-refractivity contribution in [3.05, 3.63) is 35.4 Å². The third kappa shape index (κ3) is 2.56. The van der Waals surface area contributed by atoms with Crippen molar-refractivity contribution in [2.45, 2.75) is 18.4 Å². The van der Waals surface area contributed by atoms with Crippen LogP contribution in [0.2, 0.25) is 0 Å². The van der Waals surface area contributed by atoms with Gasteiger partial charge in [0.2, 0.25) is 0 Å². The third-order valence-corrected chi connectivity index (χ3v) is 2.51. The van der Waals surface area contributed by atoms with Crippen molar-refractivity contribution in [3.63, 3.8) is 0 Å². The van der Waals surface area contributed by atoms with Crippen molar-refractivity contribution in [2.24, 2.45) is 0 Å². The van der Waals surface area contributed by atoms with Gasteiger partial charge >= 0.3 is 0 Å². The Morgan fingerprint density at radius 1 is 1.29 bits per heavy atom. The van der Waals surface area contributed by atoms with E-state index in [4.69, 9.17) is 0 Å². The quantitative estimate of drug-likeness (QED) is 0.756. The van der Waals surface area contributed by atoms with Gasteiger partial charge in [-0.2, -0.15) is 0 Å². The average molecular weight is 414 g/mol.